The monoisotopic (exact) mass is 353 g/mol. The molecule has 20 heavy (non-hydrogen) atoms. The minimum absolute atomic E-state index is 0.377. The molecule has 2 aromatic heterocycles. The number of thioether (sulfide) groups is 1. The lowest BCUT2D eigenvalue weighted by molar-refractivity contribution is 0.635. The maximum absolute atomic E-state index is 4.85. The fraction of sp³-hybridized carbons (Fsp3) is 0.533. The topological polar surface area (TPSA) is 20.5 Å². The normalized spacial score (nSPS) is 19.2. The molecule has 0 bridgehead atoms. The molecule has 3 nitrogen and oxygen atoms in total. The Bertz CT molecular complexity index is 608. The van der Waals surface area contributed by atoms with Gasteiger partial charge < -0.3 is 9.30 Å². The molecule has 3 heterocycles. The highest BCUT2D eigenvalue weighted by atomic mass is 79.9. The number of pyridine rings is 1. The van der Waals surface area contributed by atoms with E-state index >= 15 is 0 Å². The van der Waals surface area contributed by atoms with Gasteiger partial charge >= 0.3 is 0 Å². The van der Waals surface area contributed by atoms with Crippen molar-refractivity contribution in [2.75, 3.05) is 23.7 Å². The lowest BCUT2D eigenvalue weighted by atomic mass is 10.1. The molecular formula is C15H20BrN3S. The Balaban J connectivity index is 1.97. The third-order valence-corrected chi connectivity index (χ3v) is 5.78. The van der Waals surface area contributed by atoms with Crippen molar-refractivity contribution >= 4 is 39.2 Å². The number of imidazole rings is 1. The maximum atomic E-state index is 4.85. The number of hydrogen-bond donors (Lipinski definition) is 0. The van der Waals surface area contributed by atoms with Crippen molar-refractivity contribution in [3.63, 3.8) is 0 Å². The van der Waals surface area contributed by atoms with Crippen molar-refractivity contribution < 1.29 is 0 Å². The highest BCUT2D eigenvalue weighted by Crippen LogP contribution is 2.33. The number of alkyl halides is 1. The van der Waals surface area contributed by atoms with Crippen LogP contribution in [0.25, 0.3) is 5.65 Å². The average molecular weight is 354 g/mol. The Hall–Kier alpha value is -0.680. The summed E-state index contributed by atoms with van der Waals surface area (Å²) >= 11 is 5.70. The molecule has 0 aliphatic carbocycles. The summed E-state index contributed by atoms with van der Waals surface area (Å²) in [6.07, 6.45) is 3.30. The first-order valence-electron chi connectivity index (χ1n) is 7.01. The molecule has 0 amide bonds. The first kappa shape index (κ1) is 14.3. The minimum Gasteiger partial charge on any atom is -0.354 e. The number of halogens is 1. The molecule has 0 radical (unpaired) electrons. The second kappa shape index (κ2) is 5.60. The van der Waals surface area contributed by atoms with E-state index in [4.69, 9.17) is 4.98 Å². The van der Waals surface area contributed by atoms with Crippen molar-refractivity contribution in [2.24, 2.45) is 0 Å². The maximum Gasteiger partial charge on any atom is 0.152 e. The van der Waals surface area contributed by atoms with Crippen LogP contribution in [0.5, 0.6) is 0 Å². The van der Waals surface area contributed by atoms with E-state index in [-0.39, 0.29) is 0 Å². The van der Waals surface area contributed by atoms with Crippen molar-refractivity contribution in [3.8, 4) is 0 Å². The van der Waals surface area contributed by atoms with Crippen LogP contribution in [0.15, 0.2) is 24.4 Å². The van der Waals surface area contributed by atoms with Gasteiger partial charge in [-0.2, -0.15) is 11.8 Å². The lowest BCUT2D eigenvalue weighted by Gasteiger charge is -2.23. The van der Waals surface area contributed by atoms with Gasteiger partial charge in [0.1, 0.15) is 5.65 Å². The molecule has 0 aromatic carbocycles. The summed E-state index contributed by atoms with van der Waals surface area (Å²) in [6.45, 7) is 6.86. The molecule has 0 N–H and O–H groups in total. The van der Waals surface area contributed by atoms with Gasteiger partial charge in [0.05, 0.1) is 5.69 Å². The second-order valence-electron chi connectivity index (χ2n) is 5.79. The van der Waals surface area contributed by atoms with Crippen LogP contribution in [0.4, 0.5) is 5.82 Å². The Kier molecular flexibility index (Phi) is 4.00. The smallest absolute Gasteiger partial charge is 0.152 e. The number of anilines is 1. The third-order valence-electron chi connectivity index (χ3n) is 3.87. The Morgan fingerprint density at radius 2 is 2.20 bits per heavy atom. The molecule has 0 unspecified atom stereocenters. The molecule has 3 rings (SSSR count). The Morgan fingerprint density at radius 1 is 1.35 bits per heavy atom. The summed E-state index contributed by atoms with van der Waals surface area (Å²) in [7, 11) is 0. The first-order valence-corrected chi connectivity index (χ1v) is 9.12. The number of aromatic nitrogens is 2. The zero-order valence-electron chi connectivity index (χ0n) is 12.0. The van der Waals surface area contributed by atoms with Crippen LogP contribution < -0.4 is 4.90 Å². The standard InChI is InChI=1S/C15H20BrN3S/c1-15(2)6-8-18(9-10-20-15)14-12(11-16)19-7-4-3-5-13(19)17-14/h3-5,7H,6,8-11H2,1-2H3. The van der Waals surface area contributed by atoms with Crippen molar-refractivity contribution in [3.05, 3.63) is 30.1 Å². The van der Waals surface area contributed by atoms with E-state index in [1.807, 2.05) is 6.07 Å². The predicted octanol–water partition coefficient (Wildman–Crippen LogP) is 3.95. The van der Waals surface area contributed by atoms with Crippen molar-refractivity contribution in [2.45, 2.75) is 30.3 Å². The fourth-order valence-electron chi connectivity index (χ4n) is 2.64. The zero-order valence-corrected chi connectivity index (χ0v) is 14.4. The second-order valence-corrected chi connectivity index (χ2v) is 8.15. The fourth-order valence-corrected chi connectivity index (χ4v) is 4.26. The predicted molar refractivity (Wildman–Crippen MR) is 91.2 cm³/mol. The van der Waals surface area contributed by atoms with Gasteiger partial charge in [0.15, 0.2) is 5.82 Å². The van der Waals surface area contributed by atoms with Gasteiger partial charge in [-0.1, -0.05) is 35.8 Å². The van der Waals surface area contributed by atoms with Gasteiger partial charge in [0.25, 0.3) is 0 Å². The summed E-state index contributed by atoms with van der Waals surface area (Å²) in [5.74, 6) is 2.31. The van der Waals surface area contributed by atoms with Crippen LogP contribution in [0, 0.1) is 0 Å². The van der Waals surface area contributed by atoms with Crippen molar-refractivity contribution in [1.29, 1.82) is 0 Å². The van der Waals surface area contributed by atoms with Gasteiger partial charge in [-0.25, -0.2) is 4.98 Å². The summed E-state index contributed by atoms with van der Waals surface area (Å²) in [5, 5.41) is 0.834. The first-order chi connectivity index (χ1) is 9.61. The highest BCUT2D eigenvalue weighted by Gasteiger charge is 2.26. The summed E-state index contributed by atoms with van der Waals surface area (Å²) in [5.41, 5.74) is 2.29. The quantitative estimate of drug-likeness (QED) is 0.762. The van der Waals surface area contributed by atoms with Crippen LogP contribution in [-0.2, 0) is 5.33 Å². The molecule has 1 saturated heterocycles. The van der Waals surface area contributed by atoms with Gasteiger partial charge in [-0.15, -0.1) is 0 Å². The molecule has 1 fully saturated rings. The van der Waals surface area contributed by atoms with Crippen LogP contribution in [0.2, 0.25) is 0 Å². The van der Waals surface area contributed by atoms with E-state index in [1.54, 1.807) is 0 Å². The SMILES string of the molecule is CC1(C)CCN(c2nc3ccccn3c2CBr)CCS1. The summed E-state index contributed by atoms with van der Waals surface area (Å²) in [6, 6.07) is 6.18. The lowest BCUT2D eigenvalue weighted by Crippen LogP contribution is -2.28. The third kappa shape index (κ3) is 2.70. The average Bonchev–Trinajstić information content (AvgIpc) is 2.70. The van der Waals surface area contributed by atoms with Crippen LogP contribution >= 0.6 is 27.7 Å². The molecule has 0 spiro atoms. The molecule has 0 saturated carbocycles. The molecule has 1 aliphatic heterocycles. The summed E-state index contributed by atoms with van der Waals surface area (Å²) < 4.78 is 2.57. The molecule has 5 heteroatoms. The van der Waals surface area contributed by atoms with Gasteiger partial charge in [-0.3, -0.25) is 0 Å². The van der Waals surface area contributed by atoms with E-state index in [1.165, 1.54) is 17.9 Å². The zero-order chi connectivity index (χ0) is 14.2. The molecular weight excluding hydrogens is 334 g/mol. The molecule has 2 aromatic rings. The van der Waals surface area contributed by atoms with Gasteiger partial charge in [0.2, 0.25) is 0 Å². The number of hydrogen-bond acceptors (Lipinski definition) is 3. The molecule has 0 atom stereocenters. The van der Waals surface area contributed by atoms with E-state index in [2.05, 4.69) is 69.2 Å². The number of nitrogens with zero attached hydrogens (tertiary/aromatic N) is 3. The van der Waals surface area contributed by atoms with Crippen LogP contribution in [-0.4, -0.2) is 33.0 Å². The summed E-state index contributed by atoms with van der Waals surface area (Å²) in [4.78, 5) is 7.30. The Morgan fingerprint density at radius 3 is 3.00 bits per heavy atom. The van der Waals surface area contributed by atoms with E-state index < -0.39 is 0 Å². The van der Waals surface area contributed by atoms with Crippen LogP contribution in [0.3, 0.4) is 0 Å². The number of fused-ring (bicyclic) bond motifs is 1. The largest absolute Gasteiger partial charge is 0.354 e. The number of rotatable bonds is 2. The van der Waals surface area contributed by atoms with Crippen LogP contribution in [0.1, 0.15) is 26.0 Å². The van der Waals surface area contributed by atoms with E-state index in [0.29, 0.717) is 4.75 Å². The molecule has 108 valence electrons. The van der Waals surface area contributed by atoms with Gasteiger partial charge in [-0.05, 0) is 18.6 Å². The highest BCUT2D eigenvalue weighted by molar-refractivity contribution is 9.08. The Labute approximate surface area is 132 Å². The minimum atomic E-state index is 0.377. The van der Waals surface area contributed by atoms with Gasteiger partial charge in [0, 0.05) is 35.1 Å². The van der Waals surface area contributed by atoms with Crippen molar-refractivity contribution in [1.82, 2.24) is 9.38 Å². The van der Waals surface area contributed by atoms with E-state index in [9.17, 15) is 0 Å². The van der Waals surface area contributed by atoms with E-state index in [0.717, 1.165) is 29.9 Å². The molecule has 1 aliphatic rings.